The fourth-order valence-electron chi connectivity index (χ4n) is 1.45. The van der Waals surface area contributed by atoms with Crippen molar-refractivity contribution in [1.29, 1.82) is 0 Å². The molecule has 7 heteroatoms. The van der Waals surface area contributed by atoms with Crippen LogP contribution in [0.15, 0.2) is 29.2 Å². The lowest BCUT2D eigenvalue weighted by Gasteiger charge is -2.07. The molecule has 0 saturated carbocycles. The quantitative estimate of drug-likeness (QED) is 0.700. The lowest BCUT2D eigenvalue weighted by Crippen LogP contribution is -2.26. The largest absolute Gasteiger partial charge is 0.384 e. The highest BCUT2D eigenvalue weighted by molar-refractivity contribution is 7.89. The molecule has 0 atom stereocenters. The van der Waals surface area contributed by atoms with Gasteiger partial charge in [-0.1, -0.05) is 12.1 Å². The van der Waals surface area contributed by atoms with Crippen LogP contribution in [0, 0.1) is 0 Å². The molecule has 0 spiro atoms. The Balaban J connectivity index is 0.00000324. The maximum Gasteiger partial charge on any atom is 0.240 e. The first-order valence-corrected chi connectivity index (χ1v) is 7.36. The smallest absolute Gasteiger partial charge is 0.240 e. The van der Waals surface area contributed by atoms with Gasteiger partial charge in [-0.2, -0.15) is 0 Å². The van der Waals surface area contributed by atoms with Crippen LogP contribution in [-0.2, 0) is 21.2 Å². The van der Waals surface area contributed by atoms with Crippen molar-refractivity contribution in [2.75, 3.05) is 26.8 Å². The summed E-state index contributed by atoms with van der Waals surface area (Å²) in [6, 6.07) is 6.82. The molecular weight excluding hydrogens is 288 g/mol. The molecule has 0 amide bonds. The zero-order valence-corrected chi connectivity index (χ0v) is 12.6. The summed E-state index contributed by atoms with van der Waals surface area (Å²) in [6.07, 6.45) is 1.41. The zero-order chi connectivity index (χ0) is 13.4. The van der Waals surface area contributed by atoms with Crippen LogP contribution < -0.4 is 10.5 Å². The Morgan fingerprint density at radius 2 is 1.89 bits per heavy atom. The van der Waals surface area contributed by atoms with Crippen molar-refractivity contribution in [3.63, 3.8) is 0 Å². The monoisotopic (exact) mass is 308 g/mol. The van der Waals surface area contributed by atoms with E-state index in [0.29, 0.717) is 26.1 Å². The maximum atomic E-state index is 11.9. The van der Waals surface area contributed by atoms with E-state index in [1.165, 1.54) is 0 Å². The fraction of sp³-hybridized carbons (Fsp3) is 0.500. The van der Waals surface area contributed by atoms with Gasteiger partial charge in [0.05, 0.1) is 11.5 Å². The number of halogens is 1. The number of sulfonamides is 1. The molecule has 0 heterocycles. The van der Waals surface area contributed by atoms with Gasteiger partial charge in [0.2, 0.25) is 10.0 Å². The third-order valence-electron chi connectivity index (χ3n) is 2.50. The lowest BCUT2D eigenvalue weighted by atomic mass is 10.2. The van der Waals surface area contributed by atoms with Crippen LogP contribution in [0.1, 0.15) is 12.0 Å². The molecule has 0 aliphatic rings. The molecule has 1 rings (SSSR count). The van der Waals surface area contributed by atoms with Gasteiger partial charge in [-0.05, 0) is 37.1 Å². The molecule has 0 saturated heterocycles. The van der Waals surface area contributed by atoms with Gasteiger partial charge in [0.25, 0.3) is 0 Å². The van der Waals surface area contributed by atoms with Crippen LogP contribution in [0.25, 0.3) is 0 Å². The van der Waals surface area contributed by atoms with Crippen LogP contribution >= 0.6 is 12.4 Å². The van der Waals surface area contributed by atoms with Gasteiger partial charge in [0.1, 0.15) is 0 Å². The van der Waals surface area contributed by atoms with E-state index in [1.54, 1.807) is 31.4 Å². The molecule has 110 valence electrons. The number of nitrogens with two attached hydrogens (primary N) is 1. The van der Waals surface area contributed by atoms with Crippen molar-refractivity contribution < 1.29 is 13.2 Å². The Labute approximate surface area is 121 Å². The van der Waals surface area contributed by atoms with Crippen molar-refractivity contribution >= 4 is 22.4 Å². The zero-order valence-electron chi connectivity index (χ0n) is 11.0. The second-order valence-corrected chi connectivity index (χ2v) is 5.69. The minimum absolute atomic E-state index is 0. The summed E-state index contributed by atoms with van der Waals surface area (Å²) >= 11 is 0. The third-order valence-corrected chi connectivity index (χ3v) is 3.98. The van der Waals surface area contributed by atoms with Crippen molar-refractivity contribution in [2.24, 2.45) is 5.73 Å². The highest BCUT2D eigenvalue weighted by Crippen LogP contribution is 2.10. The van der Waals surface area contributed by atoms with Crippen molar-refractivity contribution in [3.05, 3.63) is 29.8 Å². The van der Waals surface area contributed by atoms with E-state index in [0.717, 1.165) is 12.0 Å². The standard InChI is InChI=1S/C12H20N2O3S.ClH/c1-17-10-7-11-3-5-12(6-4-11)18(15,16)14-9-2-8-13;/h3-6,14H,2,7-10,13H2,1H3;1H. The summed E-state index contributed by atoms with van der Waals surface area (Å²) in [5, 5.41) is 0. The molecule has 0 unspecified atom stereocenters. The van der Waals surface area contributed by atoms with E-state index in [9.17, 15) is 8.42 Å². The van der Waals surface area contributed by atoms with Gasteiger partial charge in [0.15, 0.2) is 0 Å². The molecule has 1 aromatic rings. The van der Waals surface area contributed by atoms with E-state index < -0.39 is 10.0 Å². The van der Waals surface area contributed by atoms with E-state index >= 15 is 0 Å². The Kier molecular flexibility index (Phi) is 8.95. The SMILES string of the molecule is COCCc1ccc(S(=O)(=O)NCCCN)cc1.Cl. The molecule has 0 aliphatic carbocycles. The molecule has 19 heavy (non-hydrogen) atoms. The highest BCUT2D eigenvalue weighted by atomic mass is 35.5. The van der Waals surface area contributed by atoms with Gasteiger partial charge in [0, 0.05) is 13.7 Å². The summed E-state index contributed by atoms with van der Waals surface area (Å²) in [4.78, 5) is 0.278. The Morgan fingerprint density at radius 1 is 1.26 bits per heavy atom. The summed E-state index contributed by atoms with van der Waals surface area (Å²) in [5.41, 5.74) is 6.37. The molecule has 0 bridgehead atoms. The molecule has 0 aromatic heterocycles. The highest BCUT2D eigenvalue weighted by Gasteiger charge is 2.12. The average Bonchev–Trinajstić information content (AvgIpc) is 2.37. The number of hydrogen-bond acceptors (Lipinski definition) is 4. The van der Waals surface area contributed by atoms with Gasteiger partial charge in [-0.15, -0.1) is 12.4 Å². The van der Waals surface area contributed by atoms with Crippen LogP contribution in [0.3, 0.4) is 0 Å². The average molecular weight is 309 g/mol. The first kappa shape index (κ1) is 18.3. The topological polar surface area (TPSA) is 81.4 Å². The number of methoxy groups -OCH3 is 1. The van der Waals surface area contributed by atoms with E-state index in [2.05, 4.69) is 4.72 Å². The normalized spacial score (nSPS) is 11.1. The second-order valence-electron chi connectivity index (χ2n) is 3.93. The maximum absolute atomic E-state index is 11.9. The number of ether oxygens (including phenoxy) is 1. The second kappa shape index (κ2) is 9.28. The molecule has 5 nitrogen and oxygen atoms in total. The van der Waals surface area contributed by atoms with Crippen molar-refractivity contribution in [2.45, 2.75) is 17.7 Å². The van der Waals surface area contributed by atoms with Crippen LogP contribution in [0.5, 0.6) is 0 Å². The van der Waals surface area contributed by atoms with Gasteiger partial charge in [-0.3, -0.25) is 0 Å². The first-order chi connectivity index (χ1) is 8.60. The van der Waals surface area contributed by atoms with E-state index in [1.807, 2.05) is 0 Å². The number of nitrogens with one attached hydrogen (secondary N) is 1. The third kappa shape index (κ3) is 6.35. The molecule has 1 aromatic carbocycles. The van der Waals surface area contributed by atoms with Crippen LogP contribution in [-0.4, -0.2) is 35.2 Å². The molecule has 0 aliphatic heterocycles. The van der Waals surface area contributed by atoms with Crippen LogP contribution in [0.2, 0.25) is 0 Å². The summed E-state index contributed by atoms with van der Waals surface area (Å²) in [7, 11) is -1.77. The summed E-state index contributed by atoms with van der Waals surface area (Å²) in [5.74, 6) is 0. The Bertz CT molecular complexity index is 449. The molecule has 0 fully saturated rings. The first-order valence-electron chi connectivity index (χ1n) is 5.88. The molecule has 0 radical (unpaired) electrons. The van der Waals surface area contributed by atoms with E-state index in [4.69, 9.17) is 10.5 Å². The number of benzene rings is 1. The number of rotatable bonds is 8. The lowest BCUT2D eigenvalue weighted by molar-refractivity contribution is 0.202. The molecule has 3 N–H and O–H groups in total. The minimum Gasteiger partial charge on any atom is -0.384 e. The van der Waals surface area contributed by atoms with Gasteiger partial charge in [-0.25, -0.2) is 13.1 Å². The van der Waals surface area contributed by atoms with E-state index in [-0.39, 0.29) is 17.3 Å². The predicted molar refractivity (Wildman–Crippen MR) is 78.1 cm³/mol. The Morgan fingerprint density at radius 3 is 2.42 bits per heavy atom. The summed E-state index contributed by atoms with van der Waals surface area (Å²) < 4.78 is 31.2. The van der Waals surface area contributed by atoms with Gasteiger partial charge < -0.3 is 10.5 Å². The predicted octanol–water partition coefficient (Wildman–Crippen LogP) is 0.924. The van der Waals surface area contributed by atoms with Crippen LogP contribution in [0.4, 0.5) is 0 Å². The minimum atomic E-state index is -3.41. The van der Waals surface area contributed by atoms with Gasteiger partial charge >= 0.3 is 0 Å². The Hall–Kier alpha value is -0.660. The van der Waals surface area contributed by atoms with Crippen molar-refractivity contribution in [3.8, 4) is 0 Å². The van der Waals surface area contributed by atoms with Crippen molar-refractivity contribution in [1.82, 2.24) is 4.72 Å². The number of hydrogen-bond donors (Lipinski definition) is 2. The fourth-order valence-corrected chi connectivity index (χ4v) is 2.52. The summed E-state index contributed by atoms with van der Waals surface area (Å²) in [6.45, 7) is 1.46. The molecular formula is C12H21ClN2O3S.